The maximum absolute atomic E-state index is 12.8. The van der Waals surface area contributed by atoms with Gasteiger partial charge in [-0.1, -0.05) is 0 Å². The molecule has 0 unspecified atom stereocenters. The van der Waals surface area contributed by atoms with Gasteiger partial charge in [-0.25, -0.2) is 12.8 Å². The first-order valence-corrected chi connectivity index (χ1v) is 9.91. The van der Waals surface area contributed by atoms with Crippen molar-refractivity contribution in [2.75, 3.05) is 39.2 Å². The van der Waals surface area contributed by atoms with Gasteiger partial charge < -0.3 is 14.8 Å². The lowest BCUT2D eigenvalue weighted by Crippen LogP contribution is -2.46. The van der Waals surface area contributed by atoms with Gasteiger partial charge in [-0.05, 0) is 37.1 Å². The van der Waals surface area contributed by atoms with Crippen LogP contribution in [0.5, 0.6) is 5.75 Å². The van der Waals surface area contributed by atoms with E-state index in [1.165, 1.54) is 34.8 Å². The number of benzene rings is 1. The number of hydrogen-bond acceptors (Lipinski definition) is 5. The molecule has 1 aliphatic rings. The highest BCUT2D eigenvalue weighted by atomic mass is 32.2. The van der Waals surface area contributed by atoms with Crippen molar-refractivity contribution in [3.8, 4) is 5.75 Å². The van der Waals surface area contributed by atoms with Gasteiger partial charge in [-0.15, -0.1) is 0 Å². The van der Waals surface area contributed by atoms with E-state index in [2.05, 4.69) is 5.32 Å². The maximum atomic E-state index is 12.8. The molecule has 1 N–H and O–H groups in total. The van der Waals surface area contributed by atoms with Crippen molar-refractivity contribution in [3.05, 3.63) is 30.1 Å². The average Bonchev–Trinajstić information content (AvgIpc) is 2.58. The first kappa shape index (κ1) is 19.6. The van der Waals surface area contributed by atoms with Crippen molar-refractivity contribution in [2.45, 2.75) is 18.9 Å². The molecule has 1 aromatic rings. The Morgan fingerprint density at radius 3 is 2.56 bits per heavy atom. The van der Waals surface area contributed by atoms with E-state index >= 15 is 0 Å². The smallest absolute Gasteiger partial charge is 0.257 e. The van der Waals surface area contributed by atoms with E-state index in [0.717, 1.165) is 0 Å². The van der Waals surface area contributed by atoms with Crippen LogP contribution >= 0.6 is 0 Å². The molecule has 0 atom stereocenters. The summed E-state index contributed by atoms with van der Waals surface area (Å²) in [4.78, 5) is 11.8. The molecule has 1 heterocycles. The van der Waals surface area contributed by atoms with Gasteiger partial charge in [-0.2, -0.15) is 4.31 Å². The molecular formula is C16H23FN2O5S. The van der Waals surface area contributed by atoms with Crippen LogP contribution in [0.2, 0.25) is 0 Å². The van der Waals surface area contributed by atoms with Crippen molar-refractivity contribution < 1.29 is 27.1 Å². The Balaban J connectivity index is 1.76. The third-order valence-corrected chi connectivity index (χ3v) is 5.19. The lowest BCUT2D eigenvalue weighted by atomic mass is 10.1. The minimum atomic E-state index is -3.36. The fraction of sp³-hybridized carbons (Fsp3) is 0.562. The Labute approximate surface area is 147 Å². The van der Waals surface area contributed by atoms with E-state index in [1.807, 2.05) is 0 Å². The Morgan fingerprint density at radius 1 is 1.32 bits per heavy atom. The van der Waals surface area contributed by atoms with Gasteiger partial charge in [0, 0.05) is 32.3 Å². The number of hydrogen-bond donors (Lipinski definition) is 1. The van der Waals surface area contributed by atoms with Crippen molar-refractivity contribution in [3.63, 3.8) is 0 Å². The predicted octanol–water partition coefficient (Wildman–Crippen LogP) is 0.761. The van der Waals surface area contributed by atoms with Crippen LogP contribution in [-0.4, -0.2) is 63.8 Å². The van der Waals surface area contributed by atoms with Crippen molar-refractivity contribution >= 4 is 15.9 Å². The van der Waals surface area contributed by atoms with E-state index in [0.29, 0.717) is 31.8 Å². The van der Waals surface area contributed by atoms with E-state index < -0.39 is 10.0 Å². The molecule has 1 aliphatic heterocycles. The summed E-state index contributed by atoms with van der Waals surface area (Å²) in [5.41, 5.74) is 0. The van der Waals surface area contributed by atoms with Crippen LogP contribution < -0.4 is 10.1 Å². The number of rotatable bonds is 8. The summed E-state index contributed by atoms with van der Waals surface area (Å²) in [6.07, 6.45) is 2.46. The molecule has 0 bridgehead atoms. The van der Waals surface area contributed by atoms with Crippen LogP contribution in [0, 0.1) is 5.82 Å². The lowest BCUT2D eigenvalue weighted by molar-refractivity contribution is -0.123. The fourth-order valence-corrected chi connectivity index (χ4v) is 3.80. The standard InChI is InChI=1S/C16H23FN2O5S/c1-25(21,22)19(14-6-10-23-11-7-14)9-8-18-16(20)12-24-15-4-2-13(17)3-5-15/h2-5,14H,6-12H2,1H3,(H,18,20). The lowest BCUT2D eigenvalue weighted by Gasteiger charge is -2.32. The summed E-state index contributed by atoms with van der Waals surface area (Å²) < 4.78 is 48.6. The van der Waals surface area contributed by atoms with Crippen LogP contribution in [0.3, 0.4) is 0 Å². The number of amides is 1. The minimum Gasteiger partial charge on any atom is -0.484 e. The monoisotopic (exact) mass is 374 g/mol. The van der Waals surface area contributed by atoms with Gasteiger partial charge in [0.25, 0.3) is 5.91 Å². The van der Waals surface area contributed by atoms with Crippen LogP contribution in [0.4, 0.5) is 4.39 Å². The quantitative estimate of drug-likeness (QED) is 0.726. The maximum Gasteiger partial charge on any atom is 0.257 e. The van der Waals surface area contributed by atoms with Crippen LogP contribution in [-0.2, 0) is 19.6 Å². The summed E-state index contributed by atoms with van der Waals surface area (Å²) in [6, 6.07) is 5.24. The number of carbonyl (C=O) groups excluding carboxylic acids is 1. The zero-order valence-corrected chi connectivity index (χ0v) is 14.9. The van der Waals surface area contributed by atoms with E-state index in [4.69, 9.17) is 9.47 Å². The van der Waals surface area contributed by atoms with Gasteiger partial charge in [0.2, 0.25) is 10.0 Å². The zero-order chi connectivity index (χ0) is 18.3. The van der Waals surface area contributed by atoms with Gasteiger partial charge in [0.15, 0.2) is 6.61 Å². The number of carbonyl (C=O) groups is 1. The number of sulfonamides is 1. The highest BCUT2D eigenvalue weighted by Crippen LogP contribution is 2.16. The number of ether oxygens (including phenoxy) is 2. The van der Waals surface area contributed by atoms with Crippen molar-refractivity contribution in [2.24, 2.45) is 0 Å². The van der Waals surface area contributed by atoms with Gasteiger partial charge >= 0.3 is 0 Å². The Kier molecular flexibility index (Phi) is 7.15. The second kappa shape index (κ2) is 9.12. The molecule has 0 saturated carbocycles. The Bertz CT molecular complexity index is 660. The molecule has 0 aromatic heterocycles. The van der Waals surface area contributed by atoms with Gasteiger partial charge in [-0.3, -0.25) is 4.79 Å². The summed E-state index contributed by atoms with van der Waals surface area (Å²) in [5, 5.41) is 2.63. The van der Waals surface area contributed by atoms with Gasteiger partial charge in [0.05, 0.1) is 6.26 Å². The van der Waals surface area contributed by atoms with Crippen LogP contribution in [0.15, 0.2) is 24.3 Å². The summed E-state index contributed by atoms with van der Waals surface area (Å²) >= 11 is 0. The topological polar surface area (TPSA) is 84.9 Å². The second-order valence-electron chi connectivity index (χ2n) is 5.81. The number of nitrogens with zero attached hydrogens (tertiary/aromatic N) is 1. The van der Waals surface area contributed by atoms with Gasteiger partial charge in [0.1, 0.15) is 11.6 Å². The molecule has 7 nitrogen and oxygen atoms in total. The van der Waals surface area contributed by atoms with Crippen molar-refractivity contribution in [1.29, 1.82) is 0 Å². The molecular weight excluding hydrogens is 351 g/mol. The molecule has 2 rings (SSSR count). The molecule has 1 saturated heterocycles. The third kappa shape index (κ3) is 6.60. The fourth-order valence-electron chi connectivity index (χ4n) is 2.63. The predicted molar refractivity (Wildman–Crippen MR) is 90.3 cm³/mol. The highest BCUT2D eigenvalue weighted by molar-refractivity contribution is 7.88. The number of halogens is 1. The zero-order valence-electron chi connectivity index (χ0n) is 14.1. The molecule has 1 amide bonds. The first-order chi connectivity index (χ1) is 11.9. The normalized spacial score (nSPS) is 16.0. The van der Waals surface area contributed by atoms with Crippen LogP contribution in [0.25, 0.3) is 0 Å². The molecule has 9 heteroatoms. The van der Waals surface area contributed by atoms with E-state index in [-0.39, 0.29) is 37.5 Å². The largest absolute Gasteiger partial charge is 0.484 e. The SMILES string of the molecule is CS(=O)(=O)N(CCNC(=O)COc1ccc(F)cc1)C1CCOCC1. The molecule has 0 spiro atoms. The third-order valence-electron chi connectivity index (χ3n) is 3.86. The summed E-state index contributed by atoms with van der Waals surface area (Å²) in [7, 11) is -3.36. The Hall–Kier alpha value is -1.71. The van der Waals surface area contributed by atoms with E-state index in [9.17, 15) is 17.6 Å². The Morgan fingerprint density at radius 2 is 1.96 bits per heavy atom. The molecule has 1 aromatic carbocycles. The minimum absolute atomic E-state index is 0.101. The second-order valence-corrected chi connectivity index (χ2v) is 7.74. The molecule has 0 radical (unpaired) electrons. The number of nitrogens with one attached hydrogen (secondary N) is 1. The molecule has 0 aliphatic carbocycles. The molecule has 1 fully saturated rings. The molecule has 25 heavy (non-hydrogen) atoms. The summed E-state index contributed by atoms with van der Waals surface area (Å²) in [6.45, 7) is 1.24. The average molecular weight is 374 g/mol. The molecule has 140 valence electrons. The highest BCUT2D eigenvalue weighted by Gasteiger charge is 2.28. The first-order valence-electron chi connectivity index (χ1n) is 8.06. The van der Waals surface area contributed by atoms with Crippen LogP contribution in [0.1, 0.15) is 12.8 Å². The summed E-state index contributed by atoms with van der Waals surface area (Å²) in [5.74, 6) is -0.368. The van der Waals surface area contributed by atoms with Crippen molar-refractivity contribution in [1.82, 2.24) is 9.62 Å². The van der Waals surface area contributed by atoms with E-state index in [1.54, 1.807) is 0 Å².